The van der Waals surface area contributed by atoms with Gasteiger partial charge in [0.1, 0.15) is 12.0 Å². The number of piperidine rings is 1. The standard InChI is InChI=1S/C24H25N3O4S/c1-32(29)21-9-7-19(8-10-21)22-15-26-23(16-25-22)30-17-18-11-13-27(14-12-18)24(28)31-20-5-3-2-4-6-20/h2-10,15-16,18H,11-14,17H2,1H3. The topological polar surface area (TPSA) is 87.6 Å². The van der Waals surface area contributed by atoms with Crippen molar-refractivity contribution in [3.05, 3.63) is 67.0 Å². The van der Waals surface area contributed by atoms with Crippen molar-refractivity contribution in [2.24, 2.45) is 5.92 Å². The molecule has 1 atom stereocenters. The van der Waals surface area contributed by atoms with E-state index in [1.807, 2.05) is 42.5 Å². The number of hydrogen-bond acceptors (Lipinski definition) is 6. The molecule has 1 aliphatic rings. The van der Waals surface area contributed by atoms with Crippen LogP contribution in [0.15, 0.2) is 71.9 Å². The fraction of sp³-hybridized carbons (Fsp3) is 0.292. The Morgan fingerprint density at radius 3 is 2.41 bits per heavy atom. The van der Waals surface area contributed by atoms with Crippen molar-refractivity contribution in [2.45, 2.75) is 17.7 Å². The number of nitrogens with zero attached hydrogens (tertiary/aromatic N) is 3. The van der Waals surface area contributed by atoms with Gasteiger partial charge in [-0.05, 0) is 66.3 Å². The number of carbonyl (C=O) groups excluding carboxylic acids is 1. The van der Waals surface area contributed by atoms with Gasteiger partial charge in [0.25, 0.3) is 0 Å². The minimum Gasteiger partial charge on any atom is -0.612 e. The average molecular weight is 452 g/mol. The second-order valence-electron chi connectivity index (χ2n) is 7.64. The van der Waals surface area contributed by atoms with Crippen LogP contribution in [0.2, 0.25) is 0 Å². The van der Waals surface area contributed by atoms with Crippen molar-refractivity contribution < 1.29 is 18.8 Å². The Morgan fingerprint density at radius 1 is 1.06 bits per heavy atom. The van der Waals surface area contributed by atoms with Gasteiger partial charge < -0.3 is 18.9 Å². The molecule has 1 unspecified atom stereocenters. The number of para-hydroxylation sites is 1. The minimum absolute atomic E-state index is 0.310. The molecule has 1 saturated heterocycles. The first kappa shape index (κ1) is 22.1. The molecule has 1 amide bonds. The van der Waals surface area contributed by atoms with E-state index in [9.17, 15) is 9.35 Å². The predicted octanol–water partition coefficient (Wildman–Crippen LogP) is 4.17. The maximum absolute atomic E-state index is 12.3. The lowest BCUT2D eigenvalue weighted by Gasteiger charge is -2.30. The smallest absolute Gasteiger partial charge is 0.415 e. The molecule has 8 heteroatoms. The zero-order valence-electron chi connectivity index (χ0n) is 17.8. The third-order valence-electron chi connectivity index (χ3n) is 5.40. The van der Waals surface area contributed by atoms with Gasteiger partial charge in [0, 0.05) is 18.7 Å². The summed E-state index contributed by atoms with van der Waals surface area (Å²) in [6.07, 6.45) is 6.33. The quantitative estimate of drug-likeness (QED) is 0.523. The van der Waals surface area contributed by atoms with Gasteiger partial charge in [0.2, 0.25) is 5.88 Å². The number of carbonyl (C=O) groups is 1. The van der Waals surface area contributed by atoms with Gasteiger partial charge in [-0.1, -0.05) is 18.2 Å². The van der Waals surface area contributed by atoms with Crippen LogP contribution in [-0.4, -0.2) is 51.5 Å². The van der Waals surface area contributed by atoms with E-state index in [0.717, 1.165) is 29.0 Å². The van der Waals surface area contributed by atoms with Crippen LogP contribution in [0, 0.1) is 5.92 Å². The molecule has 3 aromatic rings. The Bertz CT molecular complexity index is 1010. The van der Waals surface area contributed by atoms with Gasteiger partial charge in [-0.2, -0.15) is 0 Å². The molecular weight excluding hydrogens is 426 g/mol. The zero-order chi connectivity index (χ0) is 22.3. The zero-order valence-corrected chi connectivity index (χ0v) is 18.7. The summed E-state index contributed by atoms with van der Waals surface area (Å²) in [5.74, 6) is 1.38. The Balaban J connectivity index is 1.23. The second kappa shape index (κ2) is 10.5. The molecule has 7 nitrogen and oxygen atoms in total. The summed E-state index contributed by atoms with van der Waals surface area (Å²) in [7, 11) is 0. The Morgan fingerprint density at radius 2 is 1.78 bits per heavy atom. The molecule has 0 saturated carbocycles. The molecule has 1 aromatic heterocycles. The van der Waals surface area contributed by atoms with Gasteiger partial charge in [0.05, 0.1) is 24.7 Å². The number of hydrogen-bond donors (Lipinski definition) is 0. The molecule has 0 spiro atoms. The fourth-order valence-electron chi connectivity index (χ4n) is 3.50. The van der Waals surface area contributed by atoms with Crippen LogP contribution in [0.5, 0.6) is 11.6 Å². The summed E-state index contributed by atoms with van der Waals surface area (Å²) in [5, 5.41) is 0. The third kappa shape index (κ3) is 5.77. The van der Waals surface area contributed by atoms with E-state index in [-0.39, 0.29) is 6.09 Å². The van der Waals surface area contributed by atoms with Crippen molar-refractivity contribution >= 4 is 17.3 Å². The molecule has 166 valence electrons. The Labute approximate surface area is 190 Å². The highest BCUT2D eigenvalue weighted by Crippen LogP contribution is 2.22. The van der Waals surface area contributed by atoms with Gasteiger partial charge in [-0.25, -0.2) is 14.8 Å². The molecule has 1 aliphatic heterocycles. The largest absolute Gasteiger partial charge is 0.612 e. The highest BCUT2D eigenvalue weighted by molar-refractivity contribution is 7.90. The van der Waals surface area contributed by atoms with Crippen molar-refractivity contribution in [3.63, 3.8) is 0 Å². The van der Waals surface area contributed by atoms with E-state index < -0.39 is 11.2 Å². The molecule has 32 heavy (non-hydrogen) atoms. The van der Waals surface area contributed by atoms with Crippen molar-refractivity contribution in [3.8, 4) is 22.9 Å². The molecule has 0 radical (unpaired) electrons. The van der Waals surface area contributed by atoms with Gasteiger partial charge in [-0.3, -0.25) is 0 Å². The van der Waals surface area contributed by atoms with Gasteiger partial charge >= 0.3 is 6.09 Å². The summed E-state index contributed by atoms with van der Waals surface area (Å²) in [6.45, 7) is 1.82. The molecule has 0 bridgehead atoms. The van der Waals surface area contributed by atoms with Gasteiger partial charge in [0.15, 0.2) is 4.90 Å². The van der Waals surface area contributed by atoms with E-state index in [4.69, 9.17) is 9.47 Å². The van der Waals surface area contributed by atoms with Crippen LogP contribution < -0.4 is 9.47 Å². The number of likely N-dealkylation sites (tertiary alicyclic amines) is 1. The van der Waals surface area contributed by atoms with Crippen LogP contribution in [0.4, 0.5) is 4.79 Å². The van der Waals surface area contributed by atoms with Crippen molar-refractivity contribution in [2.75, 3.05) is 26.0 Å². The van der Waals surface area contributed by atoms with E-state index in [0.29, 0.717) is 37.2 Å². The first-order valence-corrected chi connectivity index (χ1v) is 12.0. The normalized spacial score (nSPS) is 15.2. The van der Waals surface area contributed by atoms with Gasteiger partial charge in [-0.15, -0.1) is 0 Å². The highest BCUT2D eigenvalue weighted by atomic mass is 32.2. The lowest BCUT2D eigenvalue weighted by Crippen LogP contribution is -2.41. The van der Waals surface area contributed by atoms with Crippen LogP contribution in [0.1, 0.15) is 12.8 Å². The Hall–Kier alpha value is -3.10. The van der Waals surface area contributed by atoms with E-state index >= 15 is 0 Å². The molecule has 4 rings (SSSR count). The number of amides is 1. The van der Waals surface area contributed by atoms with Crippen molar-refractivity contribution in [1.82, 2.24) is 14.9 Å². The fourth-order valence-corrected chi connectivity index (χ4v) is 4.02. The first-order chi connectivity index (χ1) is 15.6. The SMILES string of the molecule is C[S+]([O-])c1ccc(-c2cnc(OCC3CCN(C(=O)Oc4ccccc4)CC3)cn2)cc1. The number of benzene rings is 2. The lowest BCUT2D eigenvalue weighted by atomic mass is 9.98. The number of aromatic nitrogens is 2. The summed E-state index contributed by atoms with van der Waals surface area (Å²) < 4.78 is 22.7. The summed E-state index contributed by atoms with van der Waals surface area (Å²) in [6, 6.07) is 16.5. The van der Waals surface area contributed by atoms with Crippen LogP contribution >= 0.6 is 0 Å². The molecule has 0 N–H and O–H groups in total. The third-order valence-corrected chi connectivity index (χ3v) is 6.33. The van der Waals surface area contributed by atoms with Crippen LogP contribution in [0.25, 0.3) is 11.3 Å². The van der Waals surface area contributed by atoms with E-state index in [1.54, 1.807) is 35.7 Å². The summed E-state index contributed by atoms with van der Waals surface area (Å²) in [5.41, 5.74) is 1.64. The molecule has 0 aliphatic carbocycles. The Kier molecular flexibility index (Phi) is 7.24. The number of ether oxygens (including phenoxy) is 2. The second-order valence-corrected chi connectivity index (χ2v) is 9.02. The molecule has 2 aromatic carbocycles. The average Bonchev–Trinajstić information content (AvgIpc) is 2.84. The first-order valence-electron chi connectivity index (χ1n) is 10.5. The molecule has 2 heterocycles. The molecule has 1 fully saturated rings. The van der Waals surface area contributed by atoms with Crippen LogP contribution in [-0.2, 0) is 11.2 Å². The van der Waals surface area contributed by atoms with E-state index in [2.05, 4.69) is 9.97 Å². The van der Waals surface area contributed by atoms with Crippen LogP contribution in [0.3, 0.4) is 0 Å². The van der Waals surface area contributed by atoms with E-state index in [1.165, 1.54) is 0 Å². The number of rotatable bonds is 6. The lowest BCUT2D eigenvalue weighted by molar-refractivity contribution is 0.116. The maximum Gasteiger partial charge on any atom is 0.415 e. The summed E-state index contributed by atoms with van der Waals surface area (Å²) in [4.78, 5) is 23.6. The minimum atomic E-state index is -1.00. The maximum atomic E-state index is 12.3. The predicted molar refractivity (Wildman–Crippen MR) is 122 cm³/mol. The molecular formula is C24H25N3O4S. The van der Waals surface area contributed by atoms with Crippen molar-refractivity contribution in [1.29, 1.82) is 0 Å². The summed E-state index contributed by atoms with van der Waals surface area (Å²) >= 11 is -1.00. The highest BCUT2D eigenvalue weighted by Gasteiger charge is 2.24. The monoisotopic (exact) mass is 451 g/mol.